The lowest BCUT2D eigenvalue weighted by Crippen LogP contribution is -2.31. The van der Waals surface area contributed by atoms with Crippen LogP contribution in [-0.4, -0.2) is 28.1 Å². The number of anilines is 1. The first-order valence-corrected chi connectivity index (χ1v) is 10.7. The van der Waals surface area contributed by atoms with E-state index in [0.29, 0.717) is 20.6 Å². The number of aromatic nitrogens is 1. The first kappa shape index (κ1) is 23.9. The Balaban J connectivity index is 2.14. The van der Waals surface area contributed by atoms with Crippen molar-refractivity contribution in [3.8, 4) is 5.75 Å². The molecule has 0 aliphatic heterocycles. The molecule has 2 rings (SSSR count). The van der Waals surface area contributed by atoms with E-state index in [1.54, 1.807) is 58.2 Å². The zero-order valence-corrected chi connectivity index (χ0v) is 20.1. The number of pyridine rings is 1. The van der Waals surface area contributed by atoms with E-state index in [1.807, 2.05) is 36.4 Å². The van der Waals surface area contributed by atoms with Gasteiger partial charge in [0.25, 0.3) is 5.56 Å². The molecule has 1 heterocycles. The molecule has 0 saturated heterocycles. The SMILES string of the molecule is CC(C)Oc1cn(C(C)C(=O)Nc2ccc(C(=O)OC(C)(C)C)cc2)c(=O)cc1I. The number of hydrogen-bond acceptors (Lipinski definition) is 5. The Labute approximate surface area is 189 Å². The highest BCUT2D eigenvalue weighted by Gasteiger charge is 2.20. The number of nitrogens with zero attached hydrogens (tertiary/aromatic N) is 1. The second-order valence-electron chi connectivity index (χ2n) is 8.14. The largest absolute Gasteiger partial charge is 0.488 e. The Morgan fingerprint density at radius 3 is 2.23 bits per heavy atom. The van der Waals surface area contributed by atoms with Gasteiger partial charge >= 0.3 is 5.97 Å². The molecule has 0 aliphatic rings. The summed E-state index contributed by atoms with van der Waals surface area (Å²) in [6.45, 7) is 10.8. The first-order valence-electron chi connectivity index (χ1n) is 9.60. The molecule has 7 nitrogen and oxygen atoms in total. The minimum Gasteiger partial charge on any atom is -0.488 e. The van der Waals surface area contributed by atoms with E-state index < -0.39 is 17.6 Å². The number of amides is 1. The predicted molar refractivity (Wildman–Crippen MR) is 124 cm³/mol. The summed E-state index contributed by atoms with van der Waals surface area (Å²) in [6, 6.07) is 7.09. The van der Waals surface area contributed by atoms with Crippen LogP contribution in [0.1, 0.15) is 57.9 Å². The summed E-state index contributed by atoms with van der Waals surface area (Å²) in [7, 11) is 0. The van der Waals surface area contributed by atoms with Gasteiger partial charge in [-0.05, 0) is 88.4 Å². The summed E-state index contributed by atoms with van der Waals surface area (Å²) in [6.07, 6.45) is 1.50. The number of halogens is 1. The second-order valence-corrected chi connectivity index (χ2v) is 9.30. The Morgan fingerprint density at radius 2 is 1.70 bits per heavy atom. The van der Waals surface area contributed by atoms with Gasteiger partial charge in [0.15, 0.2) is 0 Å². The highest BCUT2D eigenvalue weighted by atomic mass is 127. The molecule has 0 aliphatic carbocycles. The number of nitrogens with one attached hydrogen (secondary N) is 1. The number of benzene rings is 1. The molecule has 0 radical (unpaired) electrons. The summed E-state index contributed by atoms with van der Waals surface area (Å²) >= 11 is 2.03. The van der Waals surface area contributed by atoms with Crippen LogP contribution in [0.25, 0.3) is 0 Å². The molecular formula is C22H27IN2O5. The molecule has 8 heteroatoms. The molecule has 1 atom stereocenters. The topological polar surface area (TPSA) is 86.6 Å². The van der Waals surface area contributed by atoms with Crippen LogP contribution < -0.4 is 15.6 Å². The van der Waals surface area contributed by atoms with Gasteiger partial charge < -0.3 is 14.8 Å². The van der Waals surface area contributed by atoms with Crippen LogP contribution in [0.5, 0.6) is 5.75 Å². The number of ether oxygens (including phenoxy) is 2. The fraction of sp³-hybridized carbons (Fsp3) is 0.409. The fourth-order valence-electron chi connectivity index (χ4n) is 2.55. The molecule has 30 heavy (non-hydrogen) atoms. The van der Waals surface area contributed by atoms with Crippen molar-refractivity contribution in [3.63, 3.8) is 0 Å². The second kappa shape index (κ2) is 9.63. The number of rotatable bonds is 6. The van der Waals surface area contributed by atoms with Crippen LogP contribution in [0.2, 0.25) is 0 Å². The molecule has 0 spiro atoms. The maximum Gasteiger partial charge on any atom is 0.338 e. The standard InChI is InChI=1S/C22H27IN2O5/c1-13(2)29-18-12-25(19(26)11-17(18)23)14(3)20(27)24-16-9-7-15(8-10-16)21(28)30-22(4,5)6/h7-14H,1-6H3,(H,24,27). The van der Waals surface area contributed by atoms with Gasteiger partial charge in [0.2, 0.25) is 5.91 Å². The lowest BCUT2D eigenvalue weighted by atomic mass is 10.1. The van der Waals surface area contributed by atoms with Gasteiger partial charge in [0.1, 0.15) is 17.4 Å². The quantitative estimate of drug-likeness (QED) is 0.446. The first-order chi connectivity index (χ1) is 13.9. The molecule has 1 N–H and O–H groups in total. The molecule has 1 unspecified atom stereocenters. The maximum atomic E-state index is 12.7. The van der Waals surface area contributed by atoms with Crippen molar-refractivity contribution >= 4 is 40.2 Å². The fourth-order valence-corrected chi connectivity index (χ4v) is 3.08. The van der Waals surface area contributed by atoms with Crippen molar-refractivity contribution in [3.05, 3.63) is 56.0 Å². The normalized spacial score (nSPS) is 12.4. The van der Waals surface area contributed by atoms with Crippen LogP contribution in [-0.2, 0) is 9.53 Å². The van der Waals surface area contributed by atoms with Gasteiger partial charge in [0, 0.05) is 11.8 Å². The predicted octanol–water partition coefficient (Wildman–Crippen LogP) is 4.40. The maximum absolute atomic E-state index is 12.7. The molecular weight excluding hydrogens is 499 g/mol. The highest BCUT2D eigenvalue weighted by Crippen LogP contribution is 2.22. The molecule has 0 bridgehead atoms. The Bertz CT molecular complexity index is 975. The number of carbonyl (C=O) groups excluding carboxylic acids is 2. The van der Waals surface area contributed by atoms with E-state index in [1.165, 1.54) is 10.6 Å². The smallest absolute Gasteiger partial charge is 0.338 e. The zero-order valence-electron chi connectivity index (χ0n) is 18.0. The molecule has 162 valence electrons. The molecule has 1 aromatic heterocycles. The van der Waals surface area contributed by atoms with Crippen LogP contribution >= 0.6 is 22.6 Å². The highest BCUT2D eigenvalue weighted by molar-refractivity contribution is 14.1. The summed E-state index contributed by atoms with van der Waals surface area (Å²) in [5, 5.41) is 2.76. The van der Waals surface area contributed by atoms with E-state index in [0.717, 1.165) is 0 Å². The number of carbonyl (C=O) groups is 2. The minimum absolute atomic E-state index is 0.0583. The van der Waals surface area contributed by atoms with Crippen molar-refractivity contribution in [2.75, 3.05) is 5.32 Å². The molecule has 0 saturated carbocycles. The zero-order chi connectivity index (χ0) is 22.6. The lowest BCUT2D eigenvalue weighted by Gasteiger charge is -2.20. The van der Waals surface area contributed by atoms with E-state index in [-0.39, 0.29) is 17.6 Å². The monoisotopic (exact) mass is 526 g/mol. The molecule has 1 aromatic carbocycles. The van der Waals surface area contributed by atoms with E-state index in [2.05, 4.69) is 5.32 Å². The Hall–Kier alpha value is -2.36. The summed E-state index contributed by atoms with van der Waals surface area (Å²) < 4.78 is 13.1. The van der Waals surface area contributed by atoms with E-state index >= 15 is 0 Å². The van der Waals surface area contributed by atoms with Gasteiger partial charge in [-0.25, -0.2) is 4.79 Å². The third kappa shape index (κ3) is 6.58. The molecule has 1 amide bonds. The summed E-state index contributed by atoms with van der Waals surface area (Å²) in [4.78, 5) is 37.2. The van der Waals surface area contributed by atoms with Crippen molar-refractivity contribution in [1.29, 1.82) is 0 Å². The van der Waals surface area contributed by atoms with Crippen LogP contribution in [0.4, 0.5) is 5.69 Å². The molecule has 0 fully saturated rings. The molecule has 2 aromatic rings. The van der Waals surface area contributed by atoms with E-state index in [9.17, 15) is 14.4 Å². The van der Waals surface area contributed by atoms with E-state index in [4.69, 9.17) is 9.47 Å². The Morgan fingerprint density at radius 1 is 1.10 bits per heavy atom. The Kier molecular flexibility index (Phi) is 7.68. The van der Waals surface area contributed by atoms with Crippen molar-refractivity contribution in [2.45, 2.75) is 59.3 Å². The third-order valence-electron chi connectivity index (χ3n) is 3.94. The van der Waals surface area contributed by atoms with Gasteiger partial charge in [-0.1, -0.05) is 0 Å². The van der Waals surface area contributed by atoms with Gasteiger partial charge in [-0.15, -0.1) is 0 Å². The summed E-state index contributed by atoms with van der Waals surface area (Å²) in [5.41, 5.74) is 0.0216. The average Bonchev–Trinajstić information content (AvgIpc) is 2.62. The lowest BCUT2D eigenvalue weighted by molar-refractivity contribution is -0.118. The minimum atomic E-state index is -0.755. The van der Waals surface area contributed by atoms with Crippen molar-refractivity contribution < 1.29 is 19.1 Å². The summed E-state index contributed by atoms with van der Waals surface area (Å²) in [5.74, 6) is -0.248. The van der Waals surface area contributed by atoms with Crippen LogP contribution in [0, 0.1) is 3.57 Å². The average molecular weight is 526 g/mol. The van der Waals surface area contributed by atoms with Crippen LogP contribution in [0.3, 0.4) is 0 Å². The van der Waals surface area contributed by atoms with Gasteiger partial charge in [0.05, 0.1) is 21.4 Å². The van der Waals surface area contributed by atoms with Crippen molar-refractivity contribution in [1.82, 2.24) is 4.57 Å². The van der Waals surface area contributed by atoms with Gasteiger partial charge in [-0.3, -0.25) is 14.2 Å². The van der Waals surface area contributed by atoms with Crippen molar-refractivity contribution in [2.24, 2.45) is 0 Å². The number of hydrogen-bond donors (Lipinski definition) is 1. The van der Waals surface area contributed by atoms with Gasteiger partial charge in [-0.2, -0.15) is 0 Å². The number of esters is 1. The van der Waals surface area contributed by atoms with Crippen LogP contribution in [0.15, 0.2) is 41.3 Å². The third-order valence-corrected chi connectivity index (χ3v) is 4.79.